The van der Waals surface area contributed by atoms with E-state index in [2.05, 4.69) is 0 Å². The monoisotopic (exact) mass is 172 g/mol. The van der Waals surface area contributed by atoms with Gasteiger partial charge in [-0.1, -0.05) is 37.9 Å². The van der Waals surface area contributed by atoms with Crippen molar-refractivity contribution < 1.29 is 5.11 Å². The highest BCUT2D eigenvalue weighted by molar-refractivity contribution is 7.80. The molecule has 0 spiro atoms. The minimum Gasteiger partial charge on any atom is -0.388 e. The number of thiocarbonyl (C=S) groups is 1. The fourth-order valence-electron chi connectivity index (χ4n) is 1.49. The van der Waals surface area contributed by atoms with Crippen molar-refractivity contribution in [3.05, 3.63) is 0 Å². The second-order valence-electron chi connectivity index (χ2n) is 3.29. The Balaban J connectivity index is 2.35. The largest absolute Gasteiger partial charge is 0.388 e. The van der Waals surface area contributed by atoms with Gasteiger partial charge in [0.1, 0.15) is 0 Å². The summed E-state index contributed by atoms with van der Waals surface area (Å²) < 4.78 is 0. The average molecular weight is 172 g/mol. The molecule has 0 aliphatic heterocycles. The van der Waals surface area contributed by atoms with Gasteiger partial charge in [0.2, 0.25) is 0 Å². The SMILES string of the molecule is OC1CCCCCCCC1=S. The molecule has 0 aromatic carbocycles. The molecule has 11 heavy (non-hydrogen) atoms. The van der Waals surface area contributed by atoms with Crippen LogP contribution in [0.1, 0.15) is 44.9 Å². The minimum atomic E-state index is -0.289. The van der Waals surface area contributed by atoms with Crippen LogP contribution in [0.15, 0.2) is 0 Å². The zero-order valence-electron chi connectivity index (χ0n) is 6.88. The molecule has 0 bridgehead atoms. The second-order valence-corrected chi connectivity index (χ2v) is 3.81. The maximum absolute atomic E-state index is 9.47. The van der Waals surface area contributed by atoms with Gasteiger partial charge in [-0.3, -0.25) is 0 Å². The predicted molar refractivity (Wildman–Crippen MR) is 50.9 cm³/mol. The van der Waals surface area contributed by atoms with Crippen LogP contribution in [0.5, 0.6) is 0 Å². The van der Waals surface area contributed by atoms with Crippen LogP contribution in [0.25, 0.3) is 0 Å². The van der Waals surface area contributed by atoms with Crippen LogP contribution in [0.3, 0.4) is 0 Å². The Morgan fingerprint density at radius 1 is 1.09 bits per heavy atom. The van der Waals surface area contributed by atoms with E-state index in [0.29, 0.717) is 0 Å². The highest BCUT2D eigenvalue weighted by Gasteiger charge is 2.11. The first-order valence-corrected chi connectivity index (χ1v) is 4.92. The summed E-state index contributed by atoms with van der Waals surface area (Å²) in [5.41, 5.74) is 0. The molecule has 0 amide bonds. The van der Waals surface area contributed by atoms with Crippen molar-refractivity contribution in [3.63, 3.8) is 0 Å². The predicted octanol–water partition coefficient (Wildman–Crippen LogP) is 2.46. The molecule has 0 radical (unpaired) electrons. The van der Waals surface area contributed by atoms with Crippen LogP contribution < -0.4 is 0 Å². The normalized spacial score (nSPS) is 28.8. The quantitative estimate of drug-likeness (QED) is 0.566. The first kappa shape index (κ1) is 9.14. The van der Waals surface area contributed by atoms with Gasteiger partial charge in [0, 0.05) is 4.86 Å². The third-order valence-electron chi connectivity index (χ3n) is 2.27. The lowest BCUT2D eigenvalue weighted by Crippen LogP contribution is -2.17. The molecule has 0 heterocycles. The highest BCUT2D eigenvalue weighted by atomic mass is 32.1. The van der Waals surface area contributed by atoms with Gasteiger partial charge in [0.25, 0.3) is 0 Å². The van der Waals surface area contributed by atoms with Crippen molar-refractivity contribution in [2.75, 3.05) is 0 Å². The van der Waals surface area contributed by atoms with Crippen LogP contribution in [0.2, 0.25) is 0 Å². The van der Waals surface area contributed by atoms with Gasteiger partial charge in [0.05, 0.1) is 6.10 Å². The molecule has 1 rings (SSSR count). The van der Waals surface area contributed by atoms with Gasteiger partial charge in [0.15, 0.2) is 0 Å². The van der Waals surface area contributed by atoms with E-state index >= 15 is 0 Å². The van der Waals surface area contributed by atoms with Gasteiger partial charge in [-0.25, -0.2) is 0 Å². The lowest BCUT2D eigenvalue weighted by molar-refractivity contribution is 0.227. The maximum Gasteiger partial charge on any atom is 0.0852 e. The fraction of sp³-hybridized carbons (Fsp3) is 0.889. The third-order valence-corrected chi connectivity index (χ3v) is 2.75. The molecule has 1 atom stereocenters. The Bertz CT molecular complexity index is 134. The Morgan fingerprint density at radius 3 is 2.55 bits per heavy atom. The second kappa shape index (κ2) is 4.83. The van der Waals surface area contributed by atoms with Gasteiger partial charge < -0.3 is 5.11 Å². The summed E-state index contributed by atoms with van der Waals surface area (Å²) in [6.07, 6.45) is 7.73. The van der Waals surface area contributed by atoms with Crippen molar-refractivity contribution in [1.82, 2.24) is 0 Å². The van der Waals surface area contributed by atoms with E-state index < -0.39 is 0 Å². The van der Waals surface area contributed by atoms with Crippen LogP contribution in [-0.4, -0.2) is 16.1 Å². The molecule has 0 saturated heterocycles. The molecule has 0 aromatic heterocycles. The molecule has 1 unspecified atom stereocenters. The number of aliphatic hydroxyl groups is 1. The van der Waals surface area contributed by atoms with Gasteiger partial charge >= 0.3 is 0 Å². The molecule has 0 aromatic rings. The lowest BCUT2D eigenvalue weighted by atomic mass is 10.1. The van der Waals surface area contributed by atoms with Crippen molar-refractivity contribution in [1.29, 1.82) is 0 Å². The van der Waals surface area contributed by atoms with E-state index in [4.69, 9.17) is 12.2 Å². The number of aliphatic hydroxyl groups excluding tert-OH is 1. The first-order chi connectivity index (χ1) is 5.30. The van der Waals surface area contributed by atoms with E-state index in [1.165, 1.54) is 25.7 Å². The van der Waals surface area contributed by atoms with Gasteiger partial charge in [-0.05, 0) is 19.3 Å². The van der Waals surface area contributed by atoms with Crippen LogP contribution in [0.4, 0.5) is 0 Å². The summed E-state index contributed by atoms with van der Waals surface area (Å²) in [5.74, 6) is 0. The molecule has 1 aliphatic rings. The minimum absolute atomic E-state index is 0.289. The molecular weight excluding hydrogens is 156 g/mol. The van der Waals surface area contributed by atoms with Gasteiger partial charge in [-0.15, -0.1) is 0 Å². The molecule has 1 N–H and O–H groups in total. The number of rotatable bonds is 0. The third kappa shape index (κ3) is 3.30. The van der Waals surface area contributed by atoms with E-state index in [-0.39, 0.29) is 6.10 Å². The van der Waals surface area contributed by atoms with E-state index in [1.54, 1.807) is 0 Å². The van der Waals surface area contributed by atoms with Gasteiger partial charge in [-0.2, -0.15) is 0 Å². The average Bonchev–Trinajstić information content (AvgIpc) is 2.07. The summed E-state index contributed by atoms with van der Waals surface area (Å²) in [6, 6.07) is 0. The molecule has 1 nitrogen and oxygen atoms in total. The Labute approximate surface area is 73.8 Å². The summed E-state index contributed by atoms with van der Waals surface area (Å²) in [4.78, 5) is 0.881. The zero-order chi connectivity index (χ0) is 8.10. The summed E-state index contributed by atoms with van der Waals surface area (Å²) >= 11 is 5.09. The first-order valence-electron chi connectivity index (χ1n) is 4.51. The Kier molecular flexibility index (Phi) is 4.02. The van der Waals surface area contributed by atoms with Crippen molar-refractivity contribution in [3.8, 4) is 0 Å². The molecule has 64 valence electrons. The number of hydrogen-bond acceptors (Lipinski definition) is 2. The zero-order valence-corrected chi connectivity index (χ0v) is 7.70. The molecule has 1 fully saturated rings. The molecular formula is C9H16OS. The van der Waals surface area contributed by atoms with Crippen LogP contribution >= 0.6 is 12.2 Å². The molecule has 1 aliphatic carbocycles. The Morgan fingerprint density at radius 2 is 1.73 bits per heavy atom. The van der Waals surface area contributed by atoms with Crippen molar-refractivity contribution in [2.24, 2.45) is 0 Å². The standard InChI is InChI=1S/C9H16OS/c10-8-6-4-2-1-3-5-7-9(8)11/h8,10H,1-7H2. The lowest BCUT2D eigenvalue weighted by Gasteiger charge is -2.08. The number of hydrogen-bond donors (Lipinski definition) is 1. The van der Waals surface area contributed by atoms with E-state index in [1.807, 2.05) is 0 Å². The topological polar surface area (TPSA) is 20.2 Å². The smallest absolute Gasteiger partial charge is 0.0852 e. The molecule has 2 heteroatoms. The van der Waals surface area contributed by atoms with Crippen LogP contribution in [0, 0.1) is 0 Å². The Hall–Kier alpha value is 0.0500. The summed E-state index contributed by atoms with van der Waals surface area (Å²) in [5, 5.41) is 9.47. The van der Waals surface area contributed by atoms with Crippen LogP contribution in [-0.2, 0) is 0 Å². The van der Waals surface area contributed by atoms with Crippen molar-refractivity contribution in [2.45, 2.75) is 51.0 Å². The summed E-state index contributed by atoms with van der Waals surface area (Å²) in [6.45, 7) is 0. The van der Waals surface area contributed by atoms with E-state index in [9.17, 15) is 5.11 Å². The van der Waals surface area contributed by atoms with E-state index in [0.717, 1.165) is 24.1 Å². The fourth-order valence-corrected chi connectivity index (χ4v) is 1.76. The highest BCUT2D eigenvalue weighted by Crippen LogP contribution is 2.15. The van der Waals surface area contributed by atoms with Crippen molar-refractivity contribution >= 4 is 17.1 Å². The summed E-state index contributed by atoms with van der Waals surface area (Å²) in [7, 11) is 0. The molecule has 1 saturated carbocycles. The maximum atomic E-state index is 9.47.